The molecule has 0 bridgehead atoms. The van der Waals surface area contributed by atoms with Gasteiger partial charge in [-0.05, 0) is 75.1 Å². The lowest BCUT2D eigenvalue weighted by Crippen LogP contribution is -2.38. The van der Waals surface area contributed by atoms with Crippen molar-refractivity contribution >= 4 is 50.4 Å². The molecule has 0 radical (unpaired) electrons. The minimum absolute atomic E-state index is 0.00880. The Morgan fingerprint density at radius 1 is 1.15 bits per heavy atom. The van der Waals surface area contributed by atoms with Crippen LogP contribution in [0.5, 0.6) is 5.75 Å². The summed E-state index contributed by atoms with van der Waals surface area (Å²) in [6.45, 7) is 0. The Hall–Kier alpha value is -2.74. The van der Waals surface area contributed by atoms with Gasteiger partial charge < -0.3 is 4.74 Å². The molecule has 0 fully saturated rings. The summed E-state index contributed by atoms with van der Waals surface area (Å²) in [7, 11) is 1.64. The molecular weight excluding hydrogens is 516 g/mol. The summed E-state index contributed by atoms with van der Waals surface area (Å²) in [5.74, 6) is 0.762. The second-order valence-electron chi connectivity index (χ2n) is 8.02. The van der Waals surface area contributed by atoms with Crippen LogP contribution in [0.1, 0.15) is 34.0 Å². The molecule has 0 spiro atoms. The van der Waals surface area contributed by atoms with Crippen LogP contribution < -0.4 is 19.6 Å². The zero-order valence-electron chi connectivity index (χ0n) is 17.7. The predicted molar refractivity (Wildman–Crippen MR) is 138 cm³/mol. The molecule has 0 saturated heterocycles. The van der Waals surface area contributed by atoms with E-state index in [9.17, 15) is 4.79 Å². The van der Waals surface area contributed by atoms with E-state index in [4.69, 9.17) is 9.73 Å². The second-order valence-corrected chi connectivity index (χ2v) is 10.9. The number of benzene rings is 2. The zero-order valence-corrected chi connectivity index (χ0v) is 21.0. The van der Waals surface area contributed by atoms with Gasteiger partial charge >= 0.3 is 0 Å². The molecule has 2 aromatic carbocycles. The molecule has 0 N–H and O–H groups in total. The van der Waals surface area contributed by atoms with Crippen LogP contribution >= 0.6 is 38.6 Å². The Bertz CT molecular complexity index is 1600. The number of halogens is 1. The molecular formula is C26H19BrN2O2S2. The Morgan fingerprint density at radius 3 is 2.82 bits per heavy atom. The first kappa shape index (κ1) is 20.8. The Morgan fingerprint density at radius 2 is 2.03 bits per heavy atom. The number of thiophene rings is 1. The monoisotopic (exact) mass is 534 g/mol. The van der Waals surface area contributed by atoms with Crippen LogP contribution in [0.3, 0.4) is 0 Å². The fourth-order valence-corrected chi connectivity index (χ4v) is 7.05. The van der Waals surface area contributed by atoms with E-state index in [1.807, 2.05) is 28.8 Å². The van der Waals surface area contributed by atoms with Crippen molar-refractivity contribution in [2.24, 2.45) is 4.99 Å². The second kappa shape index (κ2) is 8.24. The van der Waals surface area contributed by atoms with Crippen molar-refractivity contribution in [3.8, 4) is 5.75 Å². The summed E-state index contributed by atoms with van der Waals surface area (Å²) in [6.07, 6.45) is 3.82. The highest BCUT2D eigenvalue weighted by Gasteiger charge is 2.32. The maximum atomic E-state index is 13.7. The largest absolute Gasteiger partial charge is 0.496 e. The molecule has 6 rings (SSSR count). The van der Waals surface area contributed by atoms with Crippen LogP contribution in [-0.2, 0) is 6.42 Å². The van der Waals surface area contributed by atoms with Gasteiger partial charge in [0, 0.05) is 10.4 Å². The Labute approximate surface area is 207 Å². The Kier molecular flexibility index (Phi) is 5.20. The number of nitrogens with zero attached hydrogens (tertiary/aromatic N) is 2. The zero-order chi connectivity index (χ0) is 22.5. The number of allylic oxidation sites excluding steroid dienone is 1. The average Bonchev–Trinajstić information content (AvgIpc) is 3.46. The van der Waals surface area contributed by atoms with E-state index in [-0.39, 0.29) is 11.6 Å². The van der Waals surface area contributed by atoms with E-state index in [2.05, 4.69) is 57.7 Å². The van der Waals surface area contributed by atoms with Crippen LogP contribution in [0, 0.1) is 0 Å². The Balaban J connectivity index is 1.59. The molecule has 1 aliphatic heterocycles. The summed E-state index contributed by atoms with van der Waals surface area (Å²) in [5.41, 5.74) is 5.74. The molecule has 4 aromatic rings. The summed E-state index contributed by atoms with van der Waals surface area (Å²) in [4.78, 5) is 20.7. The van der Waals surface area contributed by atoms with E-state index in [0.29, 0.717) is 4.53 Å². The highest BCUT2D eigenvalue weighted by atomic mass is 79.9. The molecule has 0 amide bonds. The van der Waals surface area contributed by atoms with Crippen molar-refractivity contribution in [2.75, 3.05) is 7.11 Å². The third-order valence-electron chi connectivity index (χ3n) is 6.16. The molecule has 1 atom stereocenters. The van der Waals surface area contributed by atoms with Gasteiger partial charge in [0.15, 0.2) is 4.80 Å². The van der Waals surface area contributed by atoms with Crippen molar-refractivity contribution in [2.45, 2.75) is 18.9 Å². The minimum Gasteiger partial charge on any atom is -0.496 e. The van der Waals surface area contributed by atoms with Crippen LogP contribution in [0.25, 0.3) is 11.8 Å². The summed E-state index contributed by atoms with van der Waals surface area (Å²) >= 11 is 6.69. The number of thiazole rings is 1. The smallest absolute Gasteiger partial charge is 0.271 e. The SMILES string of the molecule is COc1ccc(C=c2sc3n(c2=O)C(c2cccs2)C2=C(N=3)c3ccccc3CC2)cc1Br. The van der Waals surface area contributed by atoms with Gasteiger partial charge in [-0.3, -0.25) is 9.36 Å². The predicted octanol–water partition coefficient (Wildman–Crippen LogP) is 5.15. The van der Waals surface area contributed by atoms with Gasteiger partial charge in [0.05, 0.1) is 27.9 Å². The molecule has 164 valence electrons. The first-order valence-corrected chi connectivity index (χ1v) is 13.1. The van der Waals surface area contributed by atoms with Gasteiger partial charge in [-0.25, -0.2) is 4.99 Å². The fourth-order valence-electron chi connectivity index (χ4n) is 4.64. The summed E-state index contributed by atoms with van der Waals surface area (Å²) < 4.78 is 8.77. The van der Waals surface area contributed by atoms with E-state index in [1.54, 1.807) is 18.4 Å². The number of fused-ring (bicyclic) bond motifs is 3. The molecule has 0 saturated carbocycles. The van der Waals surface area contributed by atoms with Crippen LogP contribution in [0.4, 0.5) is 0 Å². The van der Waals surface area contributed by atoms with Gasteiger partial charge in [0.25, 0.3) is 5.56 Å². The van der Waals surface area contributed by atoms with Crippen LogP contribution in [0.2, 0.25) is 0 Å². The van der Waals surface area contributed by atoms with Crippen LogP contribution in [-0.4, -0.2) is 11.7 Å². The standard InChI is InChI=1S/C26H19BrN2O2S2/c1-31-20-11-8-15(13-19(20)27)14-22-25(30)29-24(21-7-4-12-32-21)18-10-9-16-5-2-3-6-17(16)23(18)28-26(29)33-22/h2-8,11-14,24H,9-10H2,1H3. The lowest BCUT2D eigenvalue weighted by molar-refractivity contribution is 0.412. The lowest BCUT2D eigenvalue weighted by Gasteiger charge is -2.30. The van der Waals surface area contributed by atoms with Gasteiger partial charge in [-0.15, -0.1) is 11.3 Å². The maximum Gasteiger partial charge on any atom is 0.271 e. The van der Waals surface area contributed by atoms with Gasteiger partial charge in [-0.1, -0.05) is 47.7 Å². The number of rotatable bonds is 3. The highest BCUT2D eigenvalue weighted by molar-refractivity contribution is 9.10. The topological polar surface area (TPSA) is 43.6 Å². The summed E-state index contributed by atoms with van der Waals surface area (Å²) in [5, 5.41) is 2.08. The number of hydrogen-bond acceptors (Lipinski definition) is 5. The molecule has 33 heavy (non-hydrogen) atoms. The molecule has 7 heteroatoms. The normalized spacial score (nSPS) is 17.3. The molecule has 2 aromatic heterocycles. The van der Waals surface area contributed by atoms with Gasteiger partial charge in [0.1, 0.15) is 5.75 Å². The van der Waals surface area contributed by atoms with Crippen molar-refractivity contribution in [3.63, 3.8) is 0 Å². The van der Waals surface area contributed by atoms with E-state index in [0.717, 1.165) is 39.1 Å². The number of aromatic nitrogens is 1. The number of aryl methyl sites for hydroxylation is 1. The first-order valence-electron chi connectivity index (χ1n) is 10.6. The lowest BCUT2D eigenvalue weighted by atomic mass is 9.85. The third-order valence-corrected chi connectivity index (χ3v) is 8.69. The first-order chi connectivity index (χ1) is 16.1. The number of ether oxygens (including phenoxy) is 1. The summed E-state index contributed by atoms with van der Waals surface area (Å²) in [6, 6.07) is 18.4. The van der Waals surface area contributed by atoms with E-state index in [1.165, 1.54) is 32.9 Å². The average molecular weight is 535 g/mol. The van der Waals surface area contributed by atoms with Gasteiger partial charge in [-0.2, -0.15) is 0 Å². The number of hydrogen-bond donors (Lipinski definition) is 0. The third kappa shape index (κ3) is 3.46. The fraction of sp³-hybridized carbons (Fsp3) is 0.154. The molecule has 1 aliphatic carbocycles. The highest BCUT2D eigenvalue weighted by Crippen LogP contribution is 2.42. The van der Waals surface area contributed by atoms with Gasteiger partial charge in [0.2, 0.25) is 0 Å². The van der Waals surface area contributed by atoms with Crippen molar-refractivity contribution in [3.05, 3.63) is 111 Å². The van der Waals surface area contributed by atoms with E-state index >= 15 is 0 Å². The van der Waals surface area contributed by atoms with Crippen molar-refractivity contribution in [1.82, 2.24) is 4.57 Å². The number of methoxy groups -OCH3 is 1. The molecule has 2 aliphatic rings. The molecule has 1 unspecified atom stereocenters. The maximum absolute atomic E-state index is 13.7. The van der Waals surface area contributed by atoms with Crippen LogP contribution in [0.15, 0.2) is 79.8 Å². The molecule has 3 heterocycles. The molecule has 4 nitrogen and oxygen atoms in total. The van der Waals surface area contributed by atoms with Crippen molar-refractivity contribution < 1.29 is 4.74 Å². The van der Waals surface area contributed by atoms with E-state index < -0.39 is 0 Å². The minimum atomic E-state index is -0.102. The van der Waals surface area contributed by atoms with Crippen molar-refractivity contribution in [1.29, 1.82) is 0 Å². The quantitative estimate of drug-likeness (QED) is 0.364.